The summed E-state index contributed by atoms with van der Waals surface area (Å²) in [5.74, 6) is 1.90. The normalized spacial score (nSPS) is 13.7. The van der Waals surface area contributed by atoms with Crippen LogP contribution in [0.5, 0.6) is 0 Å². The van der Waals surface area contributed by atoms with E-state index in [1.807, 2.05) is 39.9 Å². The molecule has 1 aliphatic heterocycles. The van der Waals surface area contributed by atoms with Gasteiger partial charge in [-0.15, -0.1) is 10.2 Å². The average Bonchev–Trinajstić information content (AvgIpc) is 3.30. The third kappa shape index (κ3) is 3.05. The van der Waals surface area contributed by atoms with E-state index in [0.29, 0.717) is 25.2 Å². The molecule has 0 unspecified atom stereocenters. The summed E-state index contributed by atoms with van der Waals surface area (Å²) in [6.07, 6.45) is 6.30. The molecule has 128 valence electrons. The number of aromatic nitrogens is 5. The summed E-state index contributed by atoms with van der Waals surface area (Å²) < 4.78 is 4.11. The maximum absolute atomic E-state index is 12.9. The minimum absolute atomic E-state index is 0.0415. The number of hydrogen-bond donors (Lipinski definition) is 0. The van der Waals surface area contributed by atoms with E-state index in [2.05, 4.69) is 26.7 Å². The fourth-order valence-corrected chi connectivity index (χ4v) is 3.23. The molecule has 0 spiro atoms. The number of fused-ring (bicyclic) bond motifs is 1. The summed E-state index contributed by atoms with van der Waals surface area (Å²) in [7, 11) is 0. The van der Waals surface area contributed by atoms with E-state index in [0.717, 1.165) is 30.2 Å². The molecule has 4 rings (SSSR count). The highest BCUT2D eigenvalue weighted by Gasteiger charge is 2.24. The minimum atomic E-state index is 0.0415. The lowest BCUT2D eigenvalue weighted by Crippen LogP contribution is -2.38. The van der Waals surface area contributed by atoms with E-state index in [1.165, 1.54) is 0 Å². The largest absolute Gasteiger partial charge is 0.333 e. The third-order valence-corrected chi connectivity index (χ3v) is 4.53. The predicted octanol–water partition coefficient (Wildman–Crippen LogP) is 1.74. The van der Waals surface area contributed by atoms with Crippen molar-refractivity contribution >= 4 is 5.91 Å². The van der Waals surface area contributed by atoms with Gasteiger partial charge in [0.15, 0.2) is 5.82 Å². The lowest BCUT2D eigenvalue weighted by molar-refractivity contribution is 0.0706. The van der Waals surface area contributed by atoms with Crippen molar-refractivity contribution in [2.75, 3.05) is 6.54 Å². The van der Waals surface area contributed by atoms with Crippen molar-refractivity contribution in [2.45, 2.75) is 33.0 Å². The Morgan fingerprint density at radius 2 is 2.16 bits per heavy atom. The zero-order valence-corrected chi connectivity index (χ0v) is 14.2. The molecule has 0 fully saturated rings. The Bertz CT molecular complexity index is 883. The highest BCUT2D eigenvalue weighted by Crippen LogP contribution is 2.17. The van der Waals surface area contributed by atoms with Crippen molar-refractivity contribution < 1.29 is 4.79 Å². The van der Waals surface area contributed by atoms with Crippen LogP contribution >= 0.6 is 0 Å². The summed E-state index contributed by atoms with van der Waals surface area (Å²) in [5, 5.41) is 8.44. The van der Waals surface area contributed by atoms with Crippen LogP contribution in [0.15, 0.2) is 43.0 Å². The first-order chi connectivity index (χ1) is 12.2. The lowest BCUT2D eigenvalue weighted by atomic mass is 10.1. The molecule has 25 heavy (non-hydrogen) atoms. The van der Waals surface area contributed by atoms with E-state index in [1.54, 1.807) is 12.5 Å². The van der Waals surface area contributed by atoms with Crippen molar-refractivity contribution in [2.24, 2.45) is 0 Å². The van der Waals surface area contributed by atoms with Gasteiger partial charge in [0.25, 0.3) is 5.91 Å². The van der Waals surface area contributed by atoms with Crippen LogP contribution in [0.2, 0.25) is 0 Å². The molecule has 3 aromatic rings. The molecule has 0 radical (unpaired) electrons. The Kier molecular flexibility index (Phi) is 4.05. The molecular formula is C18H20N6O. The van der Waals surface area contributed by atoms with Gasteiger partial charge >= 0.3 is 0 Å². The number of carbonyl (C=O) groups is 1. The summed E-state index contributed by atoms with van der Waals surface area (Å²) in [6.45, 7) is 4.72. The monoisotopic (exact) mass is 336 g/mol. The molecule has 1 aromatic carbocycles. The van der Waals surface area contributed by atoms with Crippen LogP contribution in [0.4, 0.5) is 0 Å². The van der Waals surface area contributed by atoms with Crippen LogP contribution in [-0.4, -0.2) is 41.7 Å². The molecule has 0 aliphatic carbocycles. The number of imidazole rings is 1. The first-order valence-corrected chi connectivity index (χ1v) is 8.49. The molecule has 0 bridgehead atoms. The highest BCUT2D eigenvalue weighted by atomic mass is 16.2. The zero-order valence-electron chi connectivity index (χ0n) is 14.2. The van der Waals surface area contributed by atoms with Gasteiger partial charge < -0.3 is 14.0 Å². The number of benzene rings is 1. The number of hydrogen-bond acceptors (Lipinski definition) is 4. The number of carbonyl (C=O) groups excluding carboxylic acids is 1. The number of aryl methyl sites for hydroxylation is 1. The Labute approximate surface area is 145 Å². The van der Waals surface area contributed by atoms with Gasteiger partial charge in [-0.3, -0.25) is 4.79 Å². The fourth-order valence-electron chi connectivity index (χ4n) is 3.23. The summed E-state index contributed by atoms with van der Waals surface area (Å²) in [4.78, 5) is 18.8. The minimum Gasteiger partial charge on any atom is -0.333 e. The first kappa shape index (κ1) is 15.6. The van der Waals surface area contributed by atoms with Crippen LogP contribution in [-0.2, 0) is 26.1 Å². The van der Waals surface area contributed by atoms with Gasteiger partial charge in [-0.1, -0.05) is 19.1 Å². The van der Waals surface area contributed by atoms with Gasteiger partial charge in [0, 0.05) is 44.0 Å². The maximum atomic E-state index is 12.9. The van der Waals surface area contributed by atoms with Crippen LogP contribution in [0.1, 0.15) is 34.5 Å². The molecule has 3 heterocycles. The quantitative estimate of drug-likeness (QED) is 0.728. The molecule has 0 saturated heterocycles. The van der Waals surface area contributed by atoms with Crippen LogP contribution in [0, 0.1) is 0 Å². The molecule has 1 amide bonds. The Morgan fingerprint density at radius 1 is 1.24 bits per heavy atom. The third-order valence-electron chi connectivity index (χ3n) is 4.53. The maximum Gasteiger partial charge on any atom is 0.254 e. The molecule has 2 aromatic heterocycles. The fraction of sp³-hybridized carbons (Fsp3) is 0.333. The van der Waals surface area contributed by atoms with Crippen LogP contribution in [0.3, 0.4) is 0 Å². The standard InChI is InChI=1S/C18H20N6O/c1-2-16-20-21-17-12-23(8-9-24(16)17)18(25)15-5-3-4-14(10-15)11-22-7-6-19-13-22/h3-7,10,13H,2,8-9,11-12H2,1H3. The van der Waals surface area contributed by atoms with Crippen molar-refractivity contribution in [1.82, 2.24) is 29.2 Å². The van der Waals surface area contributed by atoms with Crippen molar-refractivity contribution in [3.63, 3.8) is 0 Å². The highest BCUT2D eigenvalue weighted by molar-refractivity contribution is 5.94. The van der Waals surface area contributed by atoms with Gasteiger partial charge in [-0.25, -0.2) is 4.98 Å². The Balaban J connectivity index is 1.51. The molecule has 1 aliphatic rings. The number of amides is 1. The van der Waals surface area contributed by atoms with E-state index < -0.39 is 0 Å². The topological polar surface area (TPSA) is 68.8 Å². The molecule has 7 nitrogen and oxygen atoms in total. The molecular weight excluding hydrogens is 316 g/mol. The average molecular weight is 336 g/mol. The smallest absolute Gasteiger partial charge is 0.254 e. The van der Waals surface area contributed by atoms with E-state index in [9.17, 15) is 4.79 Å². The van der Waals surface area contributed by atoms with E-state index >= 15 is 0 Å². The van der Waals surface area contributed by atoms with Crippen molar-refractivity contribution in [3.05, 3.63) is 65.8 Å². The van der Waals surface area contributed by atoms with E-state index in [4.69, 9.17) is 0 Å². The van der Waals surface area contributed by atoms with Gasteiger partial charge in [0.05, 0.1) is 12.9 Å². The second kappa shape index (κ2) is 6.51. The molecule has 0 atom stereocenters. The van der Waals surface area contributed by atoms with E-state index in [-0.39, 0.29) is 5.91 Å². The number of rotatable bonds is 4. The summed E-state index contributed by atoms with van der Waals surface area (Å²) >= 11 is 0. The van der Waals surface area contributed by atoms with Gasteiger partial charge in [0.2, 0.25) is 0 Å². The predicted molar refractivity (Wildman–Crippen MR) is 91.9 cm³/mol. The van der Waals surface area contributed by atoms with Gasteiger partial charge in [-0.2, -0.15) is 0 Å². The molecule has 0 saturated carbocycles. The van der Waals surface area contributed by atoms with Crippen molar-refractivity contribution in [3.8, 4) is 0 Å². The molecule has 7 heteroatoms. The molecule has 0 N–H and O–H groups in total. The van der Waals surface area contributed by atoms with Gasteiger partial charge in [-0.05, 0) is 17.7 Å². The second-order valence-corrected chi connectivity index (χ2v) is 6.20. The SMILES string of the molecule is CCc1nnc2n1CCN(C(=O)c1cccc(Cn3ccnc3)c1)C2. The van der Waals surface area contributed by atoms with Crippen LogP contribution in [0.25, 0.3) is 0 Å². The van der Waals surface area contributed by atoms with Crippen molar-refractivity contribution in [1.29, 1.82) is 0 Å². The summed E-state index contributed by atoms with van der Waals surface area (Å²) in [6, 6.07) is 7.79. The number of nitrogens with zero attached hydrogens (tertiary/aromatic N) is 6. The first-order valence-electron chi connectivity index (χ1n) is 8.49. The zero-order chi connectivity index (χ0) is 17.2. The second-order valence-electron chi connectivity index (χ2n) is 6.20. The lowest BCUT2D eigenvalue weighted by Gasteiger charge is -2.28. The summed E-state index contributed by atoms with van der Waals surface area (Å²) in [5.41, 5.74) is 1.79. The Morgan fingerprint density at radius 3 is 2.96 bits per heavy atom. The van der Waals surface area contributed by atoms with Gasteiger partial charge in [0.1, 0.15) is 5.82 Å². The van der Waals surface area contributed by atoms with Crippen LogP contribution < -0.4 is 0 Å². The Hall–Kier alpha value is -2.96.